The number of carboxylic acids is 1. The number of hydrogen-bond acceptors (Lipinski definition) is 7. The molecule has 160 valence electrons. The zero-order chi connectivity index (χ0) is 21.6. The monoisotopic (exact) mass is 402 g/mol. The summed E-state index contributed by atoms with van der Waals surface area (Å²) in [4.78, 5) is 49.8. The number of carboxylic acid groups (broad SMARTS) is 1. The number of carbonyl (C=O) groups excluding carboxylic acids is 3. The van der Waals surface area contributed by atoms with Crippen LogP contribution in [0.3, 0.4) is 0 Å². The third-order valence-corrected chi connectivity index (χ3v) is 4.65. The molecule has 1 aliphatic rings. The highest BCUT2D eigenvalue weighted by Crippen LogP contribution is 2.18. The number of hydrogen-bond donors (Lipinski definition) is 6. The van der Waals surface area contributed by atoms with Gasteiger partial charge in [-0.25, -0.2) is 4.79 Å². The van der Waals surface area contributed by atoms with Gasteiger partial charge in [-0.1, -0.05) is 13.8 Å². The number of aliphatic hydroxyl groups is 2. The van der Waals surface area contributed by atoms with Crippen LogP contribution in [0.4, 0.5) is 0 Å². The topological polar surface area (TPSA) is 182 Å². The first-order chi connectivity index (χ1) is 13.0. The minimum Gasteiger partial charge on any atom is -0.480 e. The van der Waals surface area contributed by atoms with Crippen LogP contribution in [0.15, 0.2) is 0 Å². The minimum atomic E-state index is -1.39. The maximum absolute atomic E-state index is 12.6. The van der Waals surface area contributed by atoms with E-state index in [0.29, 0.717) is 12.8 Å². The third-order valence-electron chi connectivity index (χ3n) is 4.65. The molecular formula is C17H30N4O7. The number of rotatable bonds is 9. The van der Waals surface area contributed by atoms with Gasteiger partial charge >= 0.3 is 5.97 Å². The van der Waals surface area contributed by atoms with Crippen molar-refractivity contribution in [2.45, 2.75) is 63.9 Å². The van der Waals surface area contributed by atoms with Crippen molar-refractivity contribution in [2.75, 3.05) is 13.2 Å². The van der Waals surface area contributed by atoms with Crippen LogP contribution in [0.2, 0.25) is 0 Å². The SMILES string of the molecule is CC(C)C(NC(=O)C(NC(=O)C1CCCN1C(=O)C(N)CO)C(C)O)C(=O)O. The second-order valence-electron chi connectivity index (χ2n) is 7.27. The predicted octanol–water partition coefficient (Wildman–Crippen LogP) is -2.61. The fraction of sp³-hybridized carbons (Fsp3) is 0.765. The minimum absolute atomic E-state index is 0.282. The molecule has 11 heteroatoms. The van der Waals surface area contributed by atoms with Crippen LogP contribution in [0.1, 0.15) is 33.6 Å². The van der Waals surface area contributed by atoms with E-state index < -0.39 is 66.5 Å². The number of nitrogens with two attached hydrogens (primary N) is 1. The molecule has 28 heavy (non-hydrogen) atoms. The molecule has 0 bridgehead atoms. The Bertz CT molecular complexity index is 596. The molecule has 1 aliphatic heterocycles. The highest BCUT2D eigenvalue weighted by atomic mass is 16.4. The normalized spacial score (nSPS) is 21.0. The summed E-state index contributed by atoms with van der Waals surface area (Å²) in [6.07, 6.45) is -0.411. The number of likely N-dealkylation sites (tertiary alicyclic amines) is 1. The highest BCUT2D eigenvalue weighted by molar-refractivity contribution is 5.94. The molecule has 0 spiro atoms. The van der Waals surface area contributed by atoms with Crippen molar-refractivity contribution >= 4 is 23.7 Å². The molecule has 0 aliphatic carbocycles. The molecule has 1 saturated heterocycles. The summed E-state index contributed by atoms with van der Waals surface area (Å²) in [5.41, 5.74) is 5.54. The molecule has 0 aromatic carbocycles. The second-order valence-corrected chi connectivity index (χ2v) is 7.27. The van der Waals surface area contributed by atoms with Crippen LogP contribution in [0.25, 0.3) is 0 Å². The van der Waals surface area contributed by atoms with E-state index in [4.69, 9.17) is 10.8 Å². The zero-order valence-corrected chi connectivity index (χ0v) is 16.3. The van der Waals surface area contributed by atoms with Gasteiger partial charge in [-0.3, -0.25) is 14.4 Å². The molecule has 1 heterocycles. The summed E-state index contributed by atoms with van der Waals surface area (Å²) in [6, 6.07) is -4.61. The standard InChI is InChI=1S/C17H30N4O7/c1-8(2)12(17(27)28)19-15(25)13(9(3)23)20-14(24)11-5-4-6-21(11)16(26)10(18)7-22/h8-13,22-23H,4-7,18H2,1-3H3,(H,19,25)(H,20,24)(H,27,28). The van der Waals surface area contributed by atoms with E-state index in [1.165, 1.54) is 11.8 Å². The van der Waals surface area contributed by atoms with E-state index in [2.05, 4.69) is 10.6 Å². The van der Waals surface area contributed by atoms with E-state index in [1.54, 1.807) is 13.8 Å². The lowest BCUT2D eigenvalue weighted by Crippen LogP contribution is -2.60. The van der Waals surface area contributed by atoms with E-state index in [-0.39, 0.29) is 6.54 Å². The smallest absolute Gasteiger partial charge is 0.326 e. The molecule has 7 N–H and O–H groups in total. The average Bonchev–Trinajstić information content (AvgIpc) is 3.11. The van der Waals surface area contributed by atoms with Gasteiger partial charge in [0, 0.05) is 6.54 Å². The van der Waals surface area contributed by atoms with Gasteiger partial charge in [0.2, 0.25) is 17.7 Å². The van der Waals surface area contributed by atoms with Gasteiger partial charge in [-0.15, -0.1) is 0 Å². The lowest BCUT2D eigenvalue weighted by Gasteiger charge is -2.29. The van der Waals surface area contributed by atoms with Crippen LogP contribution in [-0.2, 0) is 19.2 Å². The number of nitrogens with zero attached hydrogens (tertiary/aromatic N) is 1. The quantitative estimate of drug-likeness (QED) is 0.242. The van der Waals surface area contributed by atoms with Crippen LogP contribution < -0.4 is 16.4 Å². The molecule has 1 fully saturated rings. The average molecular weight is 402 g/mol. The zero-order valence-electron chi connectivity index (χ0n) is 16.3. The molecule has 0 aromatic rings. The van der Waals surface area contributed by atoms with Gasteiger partial charge in [0.25, 0.3) is 0 Å². The van der Waals surface area contributed by atoms with Crippen LogP contribution in [-0.4, -0.2) is 87.3 Å². The van der Waals surface area contributed by atoms with E-state index in [0.717, 1.165) is 0 Å². The molecule has 1 rings (SSSR count). The predicted molar refractivity (Wildman–Crippen MR) is 97.8 cm³/mol. The highest BCUT2D eigenvalue weighted by Gasteiger charge is 2.38. The van der Waals surface area contributed by atoms with E-state index in [1.807, 2.05) is 0 Å². The molecule has 0 saturated carbocycles. The molecule has 5 unspecified atom stereocenters. The van der Waals surface area contributed by atoms with Crippen LogP contribution in [0, 0.1) is 5.92 Å². The van der Waals surface area contributed by atoms with Gasteiger partial charge in [0.1, 0.15) is 24.2 Å². The number of amides is 3. The molecule has 3 amide bonds. The van der Waals surface area contributed by atoms with Crippen molar-refractivity contribution in [1.29, 1.82) is 0 Å². The number of nitrogens with one attached hydrogen (secondary N) is 2. The summed E-state index contributed by atoms with van der Waals surface area (Å²) < 4.78 is 0. The Morgan fingerprint density at radius 1 is 1.14 bits per heavy atom. The summed E-state index contributed by atoms with van der Waals surface area (Å²) in [5, 5.41) is 32.9. The number of carbonyl (C=O) groups is 4. The van der Waals surface area contributed by atoms with Gasteiger partial charge in [-0.2, -0.15) is 0 Å². The molecule has 5 atom stereocenters. The third kappa shape index (κ3) is 5.88. The van der Waals surface area contributed by atoms with Crippen LogP contribution in [0.5, 0.6) is 0 Å². The summed E-state index contributed by atoms with van der Waals surface area (Å²) in [7, 11) is 0. The van der Waals surface area contributed by atoms with E-state index in [9.17, 15) is 29.4 Å². The Morgan fingerprint density at radius 3 is 2.21 bits per heavy atom. The lowest BCUT2D eigenvalue weighted by atomic mass is 10.0. The van der Waals surface area contributed by atoms with Gasteiger partial charge < -0.3 is 36.6 Å². The molecule has 11 nitrogen and oxygen atoms in total. The molecule has 0 aromatic heterocycles. The Morgan fingerprint density at radius 2 is 1.75 bits per heavy atom. The Balaban J connectivity index is 2.88. The second kappa shape index (κ2) is 10.3. The first-order valence-electron chi connectivity index (χ1n) is 9.19. The Labute approximate surface area is 163 Å². The maximum atomic E-state index is 12.6. The van der Waals surface area contributed by atoms with Crippen molar-refractivity contribution in [1.82, 2.24) is 15.5 Å². The van der Waals surface area contributed by atoms with Crippen LogP contribution >= 0.6 is 0 Å². The van der Waals surface area contributed by atoms with Crippen molar-refractivity contribution in [3.63, 3.8) is 0 Å². The molecular weight excluding hydrogens is 372 g/mol. The van der Waals surface area contributed by atoms with Gasteiger partial charge in [0.15, 0.2) is 0 Å². The van der Waals surface area contributed by atoms with E-state index >= 15 is 0 Å². The largest absolute Gasteiger partial charge is 0.480 e. The van der Waals surface area contributed by atoms with Crippen molar-refractivity contribution in [3.05, 3.63) is 0 Å². The van der Waals surface area contributed by atoms with Crippen molar-refractivity contribution < 1.29 is 34.5 Å². The lowest BCUT2D eigenvalue weighted by molar-refractivity contribution is -0.145. The molecule has 0 radical (unpaired) electrons. The Kier molecular flexibility index (Phi) is 8.79. The number of aliphatic hydroxyl groups excluding tert-OH is 2. The summed E-state index contributed by atoms with van der Waals surface area (Å²) in [5.74, 6) is -3.72. The Hall–Kier alpha value is -2.24. The first-order valence-corrected chi connectivity index (χ1v) is 9.19. The number of aliphatic carboxylic acids is 1. The first kappa shape index (κ1) is 23.8. The van der Waals surface area contributed by atoms with Gasteiger partial charge in [-0.05, 0) is 25.7 Å². The van der Waals surface area contributed by atoms with Crippen molar-refractivity contribution in [2.24, 2.45) is 11.7 Å². The van der Waals surface area contributed by atoms with Gasteiger partial charge in [0.05, 0.1) is 12.7 Å². The van der Waals surface area contributed by atoms with Crippen molar-refractivity contribution in [3.8, 4) is 0 Å². The fourth-order valence-corrected chi connectivity index (χ4v) is 3.01. The fourth-order valence-electron chi connectivity index (χ4n) is 3.01. The summed E-state index contributed by atoms with van der Waals surface area (Å²) in [6.45, 7) is 4.23. The summed E-state index contributed by atoms with van der Waals surface area (Å²) >= 11 is 0. The maximum Gasteiger partial charge on any atom is 0.326 e.